The van der Waals surface area contributed by atoms with E-state index in [1.807, 2.05) is 13.2 Å². The first-order chi connectivity index (χ1) is 8.43. The van der Waals surface area contributed by atoms with Crippen LogP contribution in [0.2, 0.25) is 0 Å². The average molecular weight is 274 g/mol. The summed E-state index contributed by atoms with van der Waals surface area (Å²) in [6.45, 7) is 2.21. The summed E-state index contributed by atoms with van der Waals surface area (Å²) in [4.78, 5) is 24.7. The van der Waals surface area contributed by atoms with Gasteiger partial charge in [0, 0.05) is 25.4 Å². The lowest BCUT2D eigenvalue weighted by Gasteiger charge is -2.38. The summed E-state index contributed by atoms with van der Waals surface area (Å²) in [7, 11) is 1.74. The van der Waals surface area contributed by atoms with Gasteiger partial charge in [-0.1, -0.05) is 6.42 Å². The van der Waals surface area contributed by atoms with Gasteiger partial charge in [0.1, 0.15) is 0 Å². The summed E-state index contributed by atoms with van der Waals surface area (Å²) >= 11 is 1.68. The van der Waals surface area contributed by atoms with Crippen LogP contribution >= 0.6 is 11.8 Å². The fourth-order valence-corrected chi connectivity index (χ4v) is 2.70. The van der Waals surface area contributed by atoms with E-state index in [1.54, 1.807) is 23.7 Å². The molecular weight excluding hydrogens is 252 g/mol. The lowest BCUT2D eigenvalue weighted by atomic mass is 9.69. The Hall–Kier alpha value is -0.910. The Morgan fingerprint density at radius 2 is 2.11 bits per heavy atom. The first-order valence-corrected chi connectivity index (χ1v) is 7.55. The van der Waals surface area contributed by atoms with Gasteiger partial charge in [-0.2, -0.15) is 11.8 Å². The van der Waals surface area contributed by atoms with Crippen LogP contribution in [0.3, 0.4) is 0 Å². The number of urea groups is 1. The molecule has 0 saturated heterocycles. The molecule has 0 bridgehead atoms. The highest BCUT2D eigenvalue weighted by Crippen LogP contribution is 2.40. The summed E-state index contributed by atoms with van der Waals surface area (Å²) < 4.78 is 0. The maximum Gasteiger partial charge on any atom is 0.317 e. The quantitative estimate of drug-likeness (QED) is 0.772. The van der Waals surface area contributed by atoms with Crippen LogP contribution in [0.25, 0.3) is 0 Å². The predicted octanol–water partition coefficient (Wildman–Crippen LogP) is 1.63. The Balaban J connectivity index is 2.43. The van der Waals surface area contributed by atoms with Crippen molar-refractivity contribution < 1.29 is 14.7 Å². The van der Waals surface area contributed by atoms with Gasteiger partial charge in [-0.05, 0) is 26.0 Å². The van der Waals surface area contributed by atoms with Gasteiger partial charge in [0.05, 0.1) is 5.41 Å². The molecule has 6 heteroatoms. The third kappa shape index (κ3) is 3.31. The van der Waals surface area contributed by atoms with E-state index < -0.39 is 11.4 Å². The Morgan fingerprint density at radius 1 is 1.50 bits per heavy atom. The molecule has 18 heavy (non-hydrogen) atoms. The third-order valence-electron chi connectivity index (χ3n) is 3.73. The van der Waals surface area contributed by atoms with Crippen LogP contribution in [0.1, 0.15) is 26.2 Å². The number of carboxylic acids is 1. The van der Waals surface area contributed by atoms with Gasteiger partial charge >= 0.3 is 12.0 Å². The average Bonchev–Trinajstić information content (AvgIpc) is 2.26. The van der Waals surface area contributed by atoms with Crippen LogP contribution in [0.4, 0.5) is 4.79 Å². The smallest absolute Gasteiger partial charge is 0.317 e. The molecule has 1 atom stereocenters. The van der Waals surface area contributed by atoms with E-state index >= 15 is 0 Å². The van der Waals surface area contributed by atoms with Gasteiger partial charge in [-0.15, -0.1) is 0 Å². The van der Waals surface area contributed by atoms with Crippen LogP contribution in [0, 0.1) is 5.41 Å². The number of carbonyl (C=O) groups is 2. The number of nitrogens with zero attached hydrogens (tertiary/aromatic N) is 1. The predicted molar refractivity (Wildman–Crippen MR) is 72.9 cm³/mol. The molecule has 0 aromatic heterocycles. The van der Waals surface area contributed by atoms with Crippen molar-refractivity contribution >= 4 is 23.8 Å². The fraction of sp³-hybridized carbons (Fsp3) is 0.833. The Morgan fingerprint density at radius 3 is 2.50 bits per heavy atom. The van der Waals surface area contributed by atoms with Crippen LogP contribution < -0.4 is 5.32 Å². The molecule has 1 aliphatic carbocycles. The third-order valence-corrected chi connectivity index (χ3v) is 4.55. The number of hydrogen-bond acceptors (Lipinski definition) is 3. The fourth-order valence-electron chi connectivity index (χ4n) is 1.99. The molecule has 104 valence electrons. The Bertz CT molecular complexity index is 318. The highest BCUT2D eigenvalue weighted by atomic mass is 32.2. The summed E-state index contributed by atoms with van der Waals surface area (Å²) in [5.74, 6) is 0.0717. The zero-order valence-corrected chi connectivity index (χ0v) is 12.0. The van der Waals surface area contributed by atoms with Crippen LogP contribution in [0.15, 0.2) is 0 Å². The maximum absolute atomic E-state index is 11.9. The zero-order chi connectivity index (χ0) is 13.8. The molecule has 0 heterocycles. The van der Waals surface area contributed by atoms with E-state index in [2.05, 4.69) is 5.32 Å². The van der Waals surface area contributed by atoms with Crippen molar-refractivity contribution in [1.29, 1.82) is 0 Å². The van der Waals surface area contributed by atoms with Crippen molar-refractivity contribution in [2.75, 3.05) is 25.6 Å². The monoisotopic (exact) mass is 274 g/mol. The molecule has 0 spiro atoms. The summed E-state index contributed by atoms with van der Waals surface area (Å²) in [6, 6.07) is -0.0498. The van der Waals surface area contributed by atoms with E-state index in [1.165, 1.54) is 0 Å². The number of hydrogen-bond donors (Lipinski definition) is 2. The second kappa shape index (κ2) is 6.31. The molecule has 1 saturated carbocycles. The molecule has 0 radical (unpaired) electrons. The SMILES string of the molecule is CSCC(C)N(C)C(=O)NCC1(C(=O)O)CCC1. The van der Waals surface area contributed by atoms with Crippen molar-refractivity contribution in [3.05, 3.63) is 0 Å². The van der Waals surface area contributed by atoms with E-state index in [4.69, 9.17) is 5.11 Å². The zero-order valence-electron chi connectivity index (χ0n) is 11.2. The minimum Gasteiger partial charge on any atom is -0.481 e. The molecule has 1 aliphatic rings. The maximum atomic E-state index is 11.9. The van der Waals surface area contributed by atoms with Crippen molar-refractivity contribution in [3.8, 4) is 0 Å². The second-order valence-corrected chi connectivity index (χ2v) is 5.92. The van der Waals surface area contributed by atoms with Crippen LogP contribution in [-0.2, 0) is 4.79 Å². The van der Waals surface area contributed by atoms with Crippen LogP contribution in [0.5, 0.6) is 0 Å². The molecule has 2 amide bonds. The number of nitrogens with one attached hydrogen (secondary N) is 1. The van der Waals surface area contributed by atoms with Gasteiger partial charge in [-0.25, -0.2) is 4.79 Å². The largest absolute Gasteiger partial charge is 0.481 e. The van der Waals surface area contributed by atoms with E-state index in [0.717, 1.165) is 12.2 Å². The summed E-state index contributed by atoms with van der Waals surface area (Å²) in [6.07, 6.45) is 4.25. The van der Waals surface area contributed by atoms with Gasteiger partial charge in [0.15, 0.2) is 0 Å². The standard InChI is InChI=1S/C12H22N2O3S/c1-9(7-18-3)14(2)11(17)13-8-12(10(15)16)5-4-6-12/h9H,4-8H2,1-3H3,(H,13,17)(H,15,16). The van der Waals surface area contributed by atoms with E-state index in [9.17, 15) is 9.59 Å². The lowest BCUT2D eigenvalue weighted by molar-refractivity contribution is -0.153. The highest BCUT2D eigenvalue weighted by molar-refractivity contribution is 7.98. The molecule has 0 aromatic rings. The molecule has 1 fully saturated rings. The number of rotatable bonds is 6. The number of amides is 2. The van der Waals surface area contributed by atoms with E-state index in [-0.39, 0.29) is 18.6 Å². The number of thioether (sulfide) groups is 1. The number of carboxylic acid groups (broad SMARTS) is 1. The first-order valence-electron chi connectivity index (χ1n) is 6.16. The molecule has 0 aromatic carbocycles. The van der Waals surface area contributed by atoms with Crippen molar-refractivity contribution in [2.45, 2.75) is 32.2 Å². The number of carbonyl (C=O) groups excluding carboxylic acids is 1. The van der Waals surface area contributed by atoms with Gasteiger partial charge < -0.3 is 15.3 Å². The topological polar surface area (TPSA) is 69.6 Å². The van der Waals surface area contributed by atoms with Crippen molar-refractivity contribution in [1.82, 2.24) is 10.2 Å². The molecule has 2 N–H and O–H groups in total. The molecule has 5 nitrogen and oxygen atoms in total. The minimum atomic E-state index is -0.797. The Kier molecular flexibility index (Phi) is 5.31. The van der Waals surface area contributed by atoms with Crippen LogP contribution in [-0.4, -0.2) is 53.6 Å². The van der Waals surface area contributed by atoms with Crippen molar-refractivity contribution in [2.24, 2.45) is 5.41 Å². The van der Waals surface area contributed by atoms with Gasteiger partial charge in [-0.3, -0.25) is 4.79 Å². The molecule has 1 unspecified atom stereocenters. The molecular formula is C12H22N2O3S. The van der Waals surface area contributed by atoms with E-state index in [0.29, 0.717) is 12.8 Å². The normalized spacial score (nSPS) is 18.6. The summed E-state index contributed by atoms with van der Waals surface area (Å²) in [5, 5.41) is 11.9. The first kappa shape index (κ1) is 15.1. The number of aliphatic carboxylic acids is 1. The minimum absolute atomic E-state index is 0.141. The van der Waals surface area contributed by atoms with Gasteiger partial charge in [0.2, 0.25) is 0 Å². The second-order valence-electron chi connectivity index (χ2n) is 5.01. The lowest BCUT2D eigenvalue weighted by Crippen LogP contribution is -2.51. The van der Waals surface area contributed by atoms with Crippen molar-refractivity contribution in [3.63, 3.8) is 0 Å². The molecule has 1 rings (SSSR count). The summed E-state index contributed by atoms with van der Waals surface area (Å²) in [5.41, 5.74) is -0.723. The highest BCUT2D eigenvalue weighted by Gasteiger charge is 2.44. The Labute approximate surface area is 112 Å². The van der Waals surface area contributed by atoms with Gasteiger partial charge in [0.25, 0.3) is 0 Å². The molecule has 0 aliphatic heterocycles.